The van der Waals surface area contributed by atoms with Crippen LogP contribution in [0.15, 0.2) is 121 Å². The minimum atomic E-state index is 1.32. The monoisotopic (exact) mass is 500 g/mol. The van der Waals surface area contributed by atoms with Gasteiger partial charge in [-0.1, -0.05) is 109 Å². The molecule has 0 fully saturated rings. The van der Waals surface area contributed by atoms with Gasteiger partial charge in [0.15, 0.2) is 0 Å². The van der Waals surface area contributed by atoms with Crippen LogP contribution in [0.25, 0.3) is 108 Å². The summed E-state index contributed by atoms with van der Waals surface area (Å²) >= 11 is 0. The molecule has 0 aromatic heterocycles. The summed E-state index contributed by atoms with van der Waals surface area (Å²) in [7, 11) is 0. The summed E-state index contributed by atoms with van der Waals surface area (Å²) in [6, 6.07) is 46.1. The van der Waals surface area contributed by atoms with Crippen LogP contribution in [0.2, 0.25) is 0 Å². The summed E-state index contributed by atoms with van der Waals surface area (Å²) in [5.74, 6) is 0. The lowest BCUT2D eigenvalue weighted by Crippen LogP contribution is -1.88. The molecule has 1 aliphatic carbocycles. The van der Waals surface area contributed by atoms with Crippen molar-refractivity contribution >= 4 is 86.2 Å². The van der Waals surface area contributed by atoms with Gasteiger partial charge in [0.2, 0.25) is 0 Å². The Balaban J connectivity index is 1.36. The second-order valence-electron chi connectivity index (χ2n) is 11.6. The van der Waals surface area contributed by atoms with Crippen molar-refractivity contribution < 1.29 is 0 Å². The van der Waals surface area contributed by atoms with E-state index < -0.39 is 0 Å². The van der Waals surface area contributed by atoms with E-state index in [1.807, 2.05) is 0 Å². The van der Waals surface area contributed by atoms with E-state index in [2.05, 4.69) is 121 Å². The second kappa shape index (κ2) is 6.50. The van der Waals surface area contributed by atoms with Crippen LogP contribution in [0.1, 0.15) is 0 Å². The van der Waals surface area contributed by atoms with E-state index in [0.717, 1.165) is 0 Å². The molecule has 0 radical (unpaired) electrons. The average molecular weight is 501 g/mol. The molecule has 0 amide bonds. The highest BCUT2D eigenvalue weighted by Crippen LogP contribution is 2.54. The first-order valence-electron chi connectivity index (χ1n) is 14.1. The van der Waals surface area contributed by atoms with Gasteiger partial charge in [-0.15, -0.1) is 0 Å². The van der Waals surface area contributed by atoms with Crippen LogP contribution in [-0.2, 0) is 0 Å². The molecule has 40 heavy (non-hydrogen) atoms. The molecule has 0 nitrogen and oxygen atoms in total. The molecule has 180 valence electrons. The minimum Gasteiger partial charge on any atom is -0.0610 e. The van der Waals surface area contributed by atoms with Crippen LogP contribution in [0.5, 0.6) is 0 Å². The maximum atomic E-state index is 2.49. The maximum Gasteiger partial charge on any atom is -0.00139 e. The topological polar surface area (TPSA) is 0 Å². The van der Waals surface area contributed by atoms with Gasteiger partial charge in [-0.05, 0) is 121 Å². The molecule has 0 bridgehead atoms. The van der Waals surface area contributed by atoms with Gasteiger partial charge in [0, 0.05) is 0 Å². The highest BCUT2D eigenvalue weighted by molar-refractivity contribution is 6.39. The van der Waals surface area contributed by atoms with E-state index in [4.69, 9.17) is 0 Å². The molecule has 1 aliphatic rings. The van der Waals surface area contributed by atoms with Crippen molar-refractivity contribution in [3.63, 3.8) is 0 Å². The van der Waals surface area contributed by atoms with Gasteiger partial charge in [0.05, 0.1) is 0 Å². The molecule has 11 rings (SSSR count). The van der Waals surface area contributed by atoms with Gasteiger partial charge in [0.25, 0.3) is 0 Å². The highest BCUT2D eigenvalue weighted by atomic mass is 14.3. The summed E-state index contributed by atoms with van der Waals surface area (Å²) in [4.78, 5) is 0. The van der Waals surface area contributed by atoms with Gasteiger partial charge in [-0.2, -0.15) is 0 Å². The quantitative estimate of drug-likeness (QED) is 0.143. The molecule has 0 N–H and O–H groups in total. The molecule has 0 spiro atoms. The van der Waals surface area contributed by atoms with Crippen LogP contribution in [0.4, 0.5) is 0 Å². The molecule has 0 heterocycles. The molecule has 0 aliphatic heterocycles. The zero-order valence-corrected chi connectivity index (χ0v) is 21.5. The van der Waals surface area contributed by atoms with E-state index in [9.17, 15) is 0 Å². The Bertz CT molecular complexity index is 2560. The predicted molar refractivity (Wildman–Crippen MR) is 173 cm³/mol. The zero-order valence-electron chi connectivity index (χ0n) is 21.5. The van der Waals surface area contributed by atoms with E-state index in [1.165, 1.54) is 108 Å². The number of benzene rings is 10. The van der Waals surface area contributed by atoms with Gasteiger partial charge in [0.1, 0.15) is 0 Å². The fraction of sp³-hybridized carbons (Fsp3) is 0. The first-order valence-corrected chi connectivity index (χ1v) is 14.1. The van der Waals surface area contributed by atoms with E-state index in [1.54, 1.807) is 0 Å². The largest absolute Gasteiger partial charge is 0.0610 e. The van der Waals surface area contributed by atoms with Gasteiger partial charge >= 0.3 is 0 Å². The summed E-state index contributed by atoms with van der Waals surface area (Å²) in [6.07, 6.45) is 0. The van der Waals surface area contributed by atoms with Crippen LogP contribution in [0, 0.1) is 0 Å². The Hall–Kier alpha value is -5.20. The van der Waals surface area contributed by atoms with Crippen molar-refractivity contribution in [2.24, 2.45) is 0 Å². The van der Waals surface area contributed by atoms with Crippen molar-refractivity contribution in [1.82, 2.24) is 0 Å². The second-order valence-corrected chi connectivity index (χ2v) is 11.6. The molecule has 10 aromatic carbocycles. The molecule has 10 aromatic rings. The van der Waals surface area contributed by atoms with Gasteiger partial charge in [-0.3, -0.25) is 0 Å². The Morgan fingerprint density at radius 1 is 0.225 bits per heavy atom. The van der Waals surface area contributed by atoms with Gasteiger partial charge in [-0.25, -0.2) is 0 Å². The third-order valence-corrected chi connectivity index (χ3v) is 9.85. The Labute approximate surface area is 229 Å². The average Bonchev–Trinajstić information content (AvgIpc) is 3.33. The molecule has 0 unspecified atom stereocenters. The fourth-order valence-corrected chi connectivity index (χ4v) is 8.28. The first kappa shape index (κ1) is 19.8. The van der Waals surface area contributed by atoms with Crippen molar-refractivity contribution in [3.05, 3.63) is 121 Å². The number of fused-ring (bicyclic) bond motifs is 8. The van der Waals surface area contributed by atoms with E-state index in [0.29, 0.717) is 0 Å². The summed E-state index contributed by atoms with van der Waals surface area (Å²) in [6.45, 7) is 0. The van der Waals surface area contributed by atoms with Crippen molar-refractivity contribution in [3.8, 4) is 22.3 Å². The summed E-state index contributed by atoms with van der Waals surface area (Å²) in [5.41, 5.74) is 5.45. The lowest BCUT2D eigenvalue weighted by atomic mass is 9.87. The van der Waals surface area contributed by atoms with Crippen LogP contribution < -0.4 is 0 Å². The van der Waals surface area contributed by atoms with Crippen molar-refractivity contribution in [2.75, 3.05) is 0 Å². The first-order chi connectivity index (χ1) is 19.8. The van der Waals surface area contributed by atoms with Crippen LogP contribution >= 0.6 is 0 Å². The molecular weight excluding hydrogens is 480 g/mol. The third kappa shape index (κ3) is 2.10. The lowest BCUT2D eigenvalue weighted by Gasteiger charge is -2.16. The molecule has 0 saturated heterocycles. The van der Waals surface area contributed by atoms with Crippen LogP contribution in [0.3, 0.4) is 0 Å². The molecule has 0 saturated carbocycles. The summed E-state index contributed by atoms with van der Waals surface area (Å²) in [5, 5.41) is 21.8. The minimum absolute atomic E-state index is 1.32. The predicted octanol–water partition coefficient (Wildman–Crippen LogP) is 11.4. The molecule has 0 heteroatoms. The number of hydrogen-bond donors (Lipinski definition) is 0. The van der Waals surface area contributed by atoms with E-state index in [-0.39, 0.29) is 0 Å². The number of rotatable bonds is 0. The highest BCUT2D eigenvalue weighted by Gasteiger charge is 2.26. The Morgan fingerprint density at radius 3 is 1.10 bits per heavy atom. The zero-order chi connectivity index (χ0) is 25.7. The van der Waals surface area contributed by atoms with Gasteiger partial charge < -0.3 is 0 Å². The standard InChI is InChI=1S/C40H20/c1-5-21-6-2-10-25-29-16-18-31-35-20-33-27-12-4-8-23-14-13-22-7-3-11-26(37(22)38(23)27)32(33)19-34(35)30-17-15-28(39(29)40(30)31)24(9-1)36(21)25/h1-20H. The smallest absolute Gasteiger partial charge is 0.00139 e. The summed E-state index contributed by atoms with van der Waals surface area (Å²) < 4.78 is 0. The van der Waals surface area contributed by atoms with Crippen LogP contribution in [-0.4, -0.2) is 0 Å². The molecule has 0 atom stereocenters. The normalized spacial score (nSPS) is 13.0. The van der Waals surface area contributed by atoms with E-state index >= 15 is 0 Å². The lowest BCUT2D eigenvalue weighted by molar-refractivity contribution is 1.76. The Morgan fingerprint density at radius 2 is 0.625 bits per heavy atom. The maximum absolute atomic E-state index is 2.49. The SMILES string of the molecule is c1cc2cccc3c4ccc5c6c(ccc(c(c1)c23)c64)-c1cc2c(cc1-5)c1cccc3ccc4cccc2c4c31. The fourth-order valence-electron chi connectivity index (χ4n) is 8.28. The van der Waals surface area contributed by atoms with Crippen molar-refractivity contribution in [1.29, 1.82) is 0 Å². The van der Waals surface area contributed by atoms with Crippen molar-refractivity contribution in [2.45, 2.75) is 0 Å². The number of hydrogen-bond acceptors (Lipinski definition) is 0. The Kier molecular flexibility index (Phi) is 3.22. The molecular formula is C40H20. The third-order valence-electron chi connectivity index (χ3n) is 9.85.